The Bertz CT molecular complexity index is 1150. The molecule has 8 heteroatoms. The number of amides is 1. The molecular weight excluding hydrogens is 438 g/mol. The lowest BCUT2D eigenvalue weighted by Crippen LogP contribution is -2.37. The molecule has 0 bridgehead atoms. The van der Waals surface area contributed by atoms with Gasteiger partial charge in [-0.3, -0.25) is 4.79 Å². The molecule has 2 aliphatic rings. The smallest absolute Gasteiger partial charge is 0.259 e. The number of benzene rings is 1. The second-order valence-electron chi connectivity index (χ2n) is 8.82. The van der Waals surface area contributed by atoms with E-state index in [1.807, 2.05) is 31.2 Å². The van der Waals surface area contributed by atoms with Crippen LogP contribution in [0.4, 0.5) is 11.5 Å². The fourth-order valence-corrected chi connectivity index (χ4v) is 4.60. The number of hydrogen-bond acceptors (Lipinski definition) is 5. The second kappa shape index (κ2) is 9.15. The van der Waals surface area contributed by atoms with Gasteiger partial charge >= 0.3 is 0 Å². The molecule has 33 heavy (non-hydrogen) atoms. The molecule has 3 heterocycles. The molecule has 0 spiro atoms. The van der Waals surface area contributed by atoms with Crippen molar-refractivity contribution in [3.8, 4) is 5.69 Å². The van der Waals surface area contributed by atoms with Gasteiger partial charge in [0.05, 0.1) is 41.1 Å². The number of hydrogen-bond donors (Lipinski definition) is 1. The first-order valence-electron chi connectivity index (χ1n) is 11.4. The van der Waals surface area contributed by atoms with Crippen LogP contribution < -0.4 is 10.2 Å². The minimum absolute atomic E-state index is 0.190. The van der Waals surface area contributed by atoms with Gasteiger partial charge in [0.2, 0.25) is 0 Å². The Labute approximate surface area is 198 Å². The zero-order chi connectivity index (χ0) is 22.9. The fourth-order valence-electron chi connectivity index (χ4n) is 4.48. The summed E-state index contributed by atoms with van der Waals surface area (Å²) in [5, 5.41) is 8.09. The molecule has 0 radical (unpaired) electrons. The summed E-state index contributed by atoms with van der Waals surface area (Å²) in [6.45, 7) is 3.77. The van der Waals surface area contributed by atoms with E-state index in [9.17, 15) is 4.79 Å². The van der Waals surface area contributed by atoms with Crippen molar-refractivity contribution in [2.75, 3.05) is 30.4 Å². The number of pyridine rings is 1. The predicted molar refractivity (Wildman–Crippen MR) is 130 cm³/mol. The quantitative estimate of drug-likeness (QED) is 0.556. The lowest BCUT2D eigenvalue weighted by molar-refractivity contribution is 0.0817. The third-order valence-corrected chi connectivity index (χ3v) is 6.82. The van der Waals surface area contributed by atoms with Crippen LogP contribution in [0, 0.1) is 6.92 Å². The Morgan fingerprint density at radius 2 is 1.85 bits per heavy atom. The number of halogens is 1. The van der Waals surface area contributed by atoms with Crippen molar-refractivity contribution in [3.63, 3.8) is 0 Å². The summed E-state index contributed by atoms with van der Waals surface area (Å²) >= 11 is 5.99. The SMILES string of the molecule is COC1CCN(c2ncc(NC(=O)c3cnn(-c4ccc(Cl)cc4)c3C)cc2C2CC2)CC1. The van der Waals surface area contributed by atoms with E-state index in [-0.39, 0.29) is 5.91 Å². The standard InChI is InChI=1S/C25H28ClN5O2/c1-16-23(15-28-31(16)20-7-5-18(26)6-8-20)25(32)29-19-13-22(17-3-4-17)24(27-14-19)30-11-9-21(33-2)10-12-30/h5-8,13-15,17,21H,3-4,9-12H2,1-2H3,(H,29,32). The Hall–Kier alpha value is -2.90. The number of nitrogens with zero attached hydrogens (tertiary/aromatic N) is 4. The largest absolute Gasteiger partial charge is 0.381 e. The molecule has 2 aromatic heterocycles. The molecule has 0 atom stereocenters. The maximum Gasteiger partial charge on any atom is 0.259 e. The molecule has 7 nitrogen and oxygen atoms in total. The van der Waals surface area contributed by atoms with Gasteiger partial charge in [-0.2, -0.15) is 5.10 Å². The Morgan fingerprint density at radius 3 is 2.52 bits per heavy atom. The number of carbonyl (C=O) groups excluding carboxylic acids is 1. The number of piperidine rings is 1. The molecule has 1 N–H and O–H groups in total. The van der Waals surface area contributed by atoms with Gasteiger partial charge in [0.25, 0.3) is 5.91 Å². The maximum absolute atomic E-state index is 13.0. The van der Waals surface area contributed by atoms with E-state index in [4.69, 9.17) is 21.3 Å². The van der Waals surface area contributed by atoms with Crippen molar-refractivity contribution in [3.05, 3.63) is 64.6 Å². The average molecular weight is 466 g/mol. The van der Waals surface area contributed by atoms with Crippen LogP contribution in [0.3, 0.4) is 0 Å². The van der Waals surface area contributed by atoms with Crippen molar-refractivity contribution in [1.82, 2.24) is 14.8 Å². The number of nitrogens with one attached hydrogen (secondary N) is 1. The summed E-state index contributed by atoms with van der Waals surface area (Å²) in [5.41, 5.74) is 4.11. The number of methoxy groups -OCH3 is 1. The topological polar surface area (TPSA) is 72.3 Å². The lowest BCUT2D eigenvalue weighted by Gasteiger charge is -2.33. The fraction of sp³-hybridized carbons (Fsp3) is 0.400. The summed E-state index contributed by atoms with van der Waals surface area (Å²) in [5.74, 6) is 1.39. The van der Waals surface area contributed by atoms with E-state index in [1.54, 1.807) is 24.2 Å². The van der Waals surface area contributed by atoms with Crippen molar-refractivity contribution in [2.24, 2.45) is 0 Å². The minimum atomic E-state index is -0.190. The van der Waals surface area contributed by atoms with Crippen LogP contribution in [0.25, 0.3) is 5.69 Å². The van der Waals surface area contributed by atoms with Crippen LogP contribution in [0.2, 0.25) is 5.02 Å². The van der Waals surface area contributed by atoms with Gasteiger partial charge < -0.3 is 15.0 Å². The van der Waals surface area contributed by atoms with Gasteiger partial charge in [0.15, 0.2) is 0 Å². The van der Waals surface area contributed by atoms with Crippen LogP contribution in [-0.2, 0) is 4.74 Å². The molecule has 1 saturated heterocycles. The molecule has 2 fully saturated rings. The second-order valence-corrected chi connectivity index (χ2v) is 9.26. The third kappa shape index (κ3) is 4.61. The number of anilines is 2. The first-order valence-corrected chi connectivity index (χ1v) is 11.8. The van der Waals surface area contributed by atoms with Crippen molar-refractivity contribution >= 4 is 29.0 Å². The highest BCUT2D eigenvalue weighted by Gasteiger charge is 2.31. The molecule has 1 saturated carbocycles. The van der Waals surface area contributed by atoms with Crippen molar-refractivity contribution < 1.29 is 9.53 Å². The van der Waals surface area contributed by atoms with E-state index in [0.29, 0.717) is 22.6 Å². The van der Waals surface area contributed by atoms with Crippen LogP contribution in [0.15, 0.2) is 42.7 Å². The molecule has 1 aromatic carbocycles. The first-order chi connectivity index (χ1) is 16.0. The van der Waals surface area contributed by atoms with Crippen LogP contribution in [0.1, 0.15) is 53.2 Å². The Morgan fingerprint density at radius 1 is 1.12 bits per heavy atom. The monoisotopic (exact) mass is 465 g/mol. The summed E-state index contributed by atoms with van der Waals surface area (Å²) < 4.78 is 7.25. The molecule has 3 aromatic rings. The van der Waals surface area contributed by atoms with Crippen molar-refractivity contribution in [1.29, 1.82) is 0 Å². The van der Waals surface area contributed by atoms with Crippen LogP contribution in [-0.4, -0.2) is 47.0 Å². The number of carbonyl (C=O) groups is 1. The summed E-state index contributed by atoms with van der Waals surface area (Å²) in [4.78, 5) is 20.2. The molecule has 1 aliphatic heterocycles. The highest BCUT2D eigenvalue weighted by molar-refractivity contribution is 6.30. The van der Waals surface area contributed by atoms with E-state index in [1.165, 1.54) is 18.4 Å². The zero-order valence-corrected chi connectivity index (χ0v) is 19.7. The van der Waals surface area contributed by atoms with Gasteiger partial charge in [0, 0.05) is 25.2 Å². The maximum atomic E-state index is 13.0. The molecule has 1 aliphatic carbocycles. The molecule has 5 rings (SSSR count). The molecule has 1 amide bonds. The van der Waals surface area contributed by atoms with Gasteiger partial charge in [-0.05, 0) is 74.4 Å². The van der Waals surface area contributed by atoms with E-state index in [0.717, 1.165) is 48.8 Å². The van der Waals surface area contributed by atoms with Crippen molar-refractivity contribution in [2.45, 2.75) is 44.6 Å². The third-order valence-electron chi connectivity index (χ3n) is 6.57. The van der Waals surface area contributed by atoms with E-state index < -0.39 is 0 Å². The van der Waals surface area contributed by atoms with Gasteiger partial charge in [0.1, 0.15) is 5.82 Å². The summed E-state index contributed by atoms with van der Waals surface area (Å²) in [6, 6.07) is 9.47. The van der Waals surface area contributed by atoms with Gasteiger partial charge in [-0.25, -0.2) is 9.67 Å². The first kappa shape index (κ1) is 21.9. The van der Waals surface area contributed by atoms with E-state index >= 15 is 0 Å². The summed E-state index contributed by atoms with van der Waals surface area (Å²) in [7, 11) is 1.78. The minimum Gasteiger partial charge on any atom is -0.381 e. The predicted octanol–water partition coefficient (Wildman–Crippen LogP) is 4.97. The normalized spacial score (nSPS) is 16.8. The van der Waals surface area contributed by atoms with Gasteiger partial charge in [-0.1, -0.05) is 11.6 Å². The molecule has 172 valence electrons. The number of aromatic nitrogens is 3. The lowest BCUT2D eigenvalue weighted by atomic mass is 10.1. The Balaban J connectivity index is 1.34. The highest BCUT2D eigenvalue weighted by atomic mass is 35.5. The van der Waals surface area contributed by atoms with Crippen LogP contribution >= 0.6 is 11.6 Å². The number of ether oxygens (including phenoxy) is 1. The van der Waals surface area contributed by atoms with Crippen LogP contribution in [0.5, 0.6) is 0 Å². The zero-order valence-electron chi connectivity index (χ0n) is 18.9. The average Bonchev–Trinajstić information content (AvgIpc) is 3.61. The van der Waals surface area contributed by atoms with E-state index in [2.05, 4.69) is 21.4 Å². The summed E-state index contributed by atoms with van der Waals surface area (Å²) in [6.07, 6.45) is 8.07. The highest BCUT2D eigenvalue weighted by Crippen LogP contribution is 2.45. The molecular formula is C25H28ClN5O2. The number of rotatable bonds is 6. The van der Waals surface area contributed by atoms with Gasteiger partial charge in [-0.15, -0.1) is 0 Å². The molecule has 0 unspecified atom stereocenters. The Kier molecular flexibility index (Phi) is 6.08.